The molecule has 2 N–H and O–H groups in total. The summed E-state index contributed by atoms with van der Waals surface area (Å²) in [6, 6.07) is 3.04. The minimum absolute atomic E-state index is 0. The summed E-state index contributed by atoms with van der Waals surface area (Å²) in [5, 5.41) is 17.5. The number of hydrogen-bond acceptors (Lipinski definition) is 7. The molecule has 9 heteroatoms. The Morgan fingerprint density at radius 2 is 2.04 bits per heavy atom. The summed E-state index contributed by atoms with van der Waals surface area (Å²) in [4.78, 5) is 15.1. The molecule has 1 aromatic carbocycles. The molecular formula is C14H21IN4O4. The normalized spacial score (nSPS) is 13.2. The topological polar surface area (TPSA) is 98.0 Å². The molecule has 1 aromatic rings. The Morgan fingerprint density at radius 3 is 2.61 bits per heavy atom. The standard InChI is InChI=1S/C14H20N4O4.HI/c1-21-12-8-10(11(18(19)20)9-13(12)22-2)4-7-17-14-15-5-3-6-16-14;/h8-9H,3-7H2,1-2H3,(H2,15,16,17);1H. The second-order valence-electron chi connectivity index (χ2n) is 4.78. The fourth-order valence-electron chi connectivity index (χ4n) is 2.25. The van der Waals surface area contributed by atoms with E-state index in [0.29, 0.717) is 30.0 Å². The Morgan fingerprint density at radius 1 is 1.35 bits per heavy atom. The quantitative estimate of drug-likeness (QED) is 0.401. The molecule has 0 unspecified atom stereocenters. The number of nitrogens with one attached hydrogen (secondary N) is 2. The summed E-state index contributed by atoms with van der Waals surface area (Å²) >= 11 is 0. The molecule has 0 amide bonds. The molecule has 0 aromatic heterocycles. The third-order valence-corrected chi connectivity index (χ3v) is 3.37. The van der Waals surface area contributed by atoms with Gasteiger partial charge in [0.05, 0.1) is 25.2 Å². The van der Waals surface area contributed by atoms with Crippen molar-refractivity contribution in [1.29, 1.82) is 0 Å². The number of benzene rings is 1. The third-order valence-electron chi connectivity index (χ3n) is 3.37. The number of nitrogens with zero attached hydrogens (tertiary/aromatic N) is 2. The van der Waals surface area contributed by atoms with Crippen molar-refractivity contribution in [3.63, 3.8) is 0 Å². The number of nitro groups is 1. The monoisotopic (exact) mass is 436 g/mol. The van der Waals surface area contributed by atoms with Gasteiger partial charge in [-0.25, -0.2) is 0 Å². The largest absolute Gasteiger partial charge is 0.493 e. The van der Waals surface area contributed by atoms with Crippen LogP contribution in [0.4, 0.5) is 5.69 Å². The molecule has 0 spiro atoms. The summed E-state index contributed by atoms with van der Waals surface area (Å²) in [6.07, 6.45) is 1.50. The van der Waals surface area contributed by atoms with E-state index in [2.05, 4.69) is 15.6 Å². The van der Waals surface area contributed by atoms with Gasteiger partial charge in [0.1, 0.15) is 0 Å². The van der Waals surface area contributed by atoms with Gasteiger partial charge in [0.25, 0.3) is 5.69 Å². The van der Waals surface area contributed by atoms with Crippen LogP contribution in [0.1, 0.15) is 12.0 Å². The first-order valence-electron chi connectivity index (χ1n) is 7.07. The van der Waals surface area contributed by atoms with E-state index in [-0.39, 0.29) is 29.7 Å². The van der Waals surface area contributed by atoms with E-state index in [1.165, 1.54) is 20.3 Å². The molecule has 2 rings (SSSR count). The van der Waals surface area contributed by atoms with Crippen molar-refractivity contribution < 1.29 is 14.4 Å². The first-order valence-corrected chi connectivity index (χ1v) is 7.07. The maximum Gasteiger partial charge on any atom is 0.276 e. The van der Waals surface area contributed by atoms with Crippen LogP contribution in [0.5, 0.6) is 11.5 Å². The van der Waals surface area contributed by atoms with Gasteiger partial charge < -0.3 is 20.1 Å². The molecule has 0 fully saturated rings. The molecule has 128 valence electrons. The van der Waals surface area contributed by atoms with Gasteiger partial charge in [-0.3, -0.25) is 15.1 Å². The second-order valence-corrected chi connectivity index (χ2v) is 4.78. The molecule has 0 saturated heterocycles. The molecular weight excluding hydrogens is 415 g/mol. The number of hydrogen-bond donors (Lipinski definition) is 2. The Hall–Kier alpha value is -1.78. The Labute approximate surface area is 151 Å². The van der Waals surface area contributed by atoms with Crippen molar-refractivity contribution in [3.8, 4) is 11.5 Å². The molecule has 8 nitrogen and oxygen atoms in total. The molecule has 0 saturated carbocycles. The maximum atomic E-state index is 11.2. The lowest BCUT2D eigenvalue weighted by Gasteiger charge is -2.16. The first-order chi connectivity index (χ1) is 10.7. The lowest BCUT2D eigenvalue weighted by Crippen LogP contribution is -2.41. The zero-order valence-corrected chi connectivity index (χ0v) is 15.5. The van der Waals surface area contributed by atoms with E-state index < -0.39 is 4.92 Å². The van der Waals surface area contributed by atoms with Crippen molar-refractivity contribution in [2.75, 3.05) is 33.9 Å². The molecule has 0 radical (unpaired) electrons. The number of aliphatic imine (C=N–C) groups is 1. The molecule has 0 bridgehead atoms. The predicted molar refractivity (Wildman–Crippen MR) is 98.2 cm³/mol. The number of methoxy groups -OCH3 is 2. The lowest BCUT2D eigenvalue weighted by molar-refractivity contribution is -0.385. The highest BCUT2D eigenvalue weighted by atomic mass is 127. The van der Waals surface area contributed by atoms with E-state index in [9.17, 15) is 10.1 Å². The highest BCUT2D eigenvalue weighted by Gasteiger charge is 2.19. The molecule has 0 atom stereocenters. The molecule has 1 heterocycles. The average molecular weight is 436 g/mol. The fourth-order valence-corrected chi connectivity index (χ4v) is 2.25. The third kappa shape index (κ3) is 5.12. The number of ether oxygens (including phenoxy) is 2. The van der Waals surface area contributed by atoms with Gasteiger partial charge in [-0.05, 0) is 18.9 Å². The van der Waals surface area contributed by atoms with E-state index in [0.717, 1.165) is 25.5 Å². The molecule has 23 heavy (non-hydrogen) atoms. The van der Waals surface area contributed by atoms with Crippen LogP contribution >= 0.6 is 24.0 Å². The summed E-state index contributed by atoms with van der Waals surface area (Å²) in [5.74, 6) is 1.58. The number of halogens is 1. The summed E-state index contributed by atoms with van der Waals surface area (Å²) in [7, 11) is 2.96. The Kier molecular flexibility index (Phi) is 7.86. The number of guanidine groups is 1. The van der Waals surface area contributed by atoms with Gasteiger partial charge >= 0.3 is 0 Å². The first kappa shape index (κ1) is 19.3. The van der Waals surface area contributed by atoms with E-state index in [4.69, 9.17) is 9.47 Å². The van der Waals surface area contributed by atoms with Gasteiger partial charge in [0.15, 0.2) is 17.5 Å². The summed E-state index contributed by atoms with van der Waals surface area (Å²) < 4.78 is 10.3. The van der Waals surface area contributed by atoms with Crippen LogP contribution in [0.15, 0.2) is 17.1 Å². The van der Waals surface area contributed by atoms with E-state index in [1.807, 2.05) is 0 Å². The van der Waals surface area contributed by atoms with Gasteiger partial charge in [0.2, 0.25) is 0 Å². The van der Waals surface area contributed by atoms with Crippen LogP contribution in [0.3, 0.4) is 0 Å². The van der Waals surface area contributed by atoms with Gasteiger partial charge in [-0.15, -0.1) is 24.0 Å². The Bertz CT molecular complexity index is 580. The maximum absolute atomic E-state index is 11.2. The Balaban J connectivity index is 0.00000264. The highest BCUT2D eigenvalue weighted by Crippen LogP contribution is 2.34. The highest BCUT2D eigenvalue weighted by molar-refractivity contribution is 14.0. The number of nitro benzene ring substituents is 1. The van der Waals surface area contributed by atoms with Crippen molar-refractivity contribution in [2.45, 2.75) is 12.8 Å². The zero-order valence-electron chi connectivity index (χ0n) is 13.1. The predicted octanol–water partition coefficient (Wildman–Crippen LogP) is 1.71. The SMILES string of the molecule is COc1cc(CCNC2=NCCCN2)c([N+](=O)[O-])cc1OC.I. The second kappa shape index (κ2) is 9.38. The van der Waals surface area contributed by atoms with Crippen molar-refractivity contribution in [3.05, 3.63) is 27.8 Å². The zero-order chi connectivity index (χ0) is 15.9. The molecule has 1 aliphatic rings. The van der Waals surface area contributed by atoms with Gasteiger partial charge in [0, 0.05) is 25.2 Å². The smallest absolute Gasteiger partial charge is 0.276 e. The van der Waals surface area contributed by atoms with Crippen molar-refractivity contribution >= 4 is 35.6 Å². The van der Waals surface area contributed by atoms with Crippen molar-refractivity contribution in [1.82, 2.24) is 10.6 Å². The molecule has 0 aliphatic carbocycles. The fraction of sp³-hybridized carbons (Fsp3) is 0.500. The average Bonchev–Trinajstić information content (AvgIpc) is 2.55. The summed E-state index contributed by atoms with van der Waals surface area (Å²) in [5.41, 5.74) is 0.615. The summed E-state index contributed by atoms with van der Waals surface area (Å²) in [6.45, 7) is 2.23. The van der Waals surface area contributed by atoms with Crippen LogP contribution in [0.2, 0.25) is 0 Å². The van der Waals surface area contributed by atoms with E-state index >= 15 is 0 Å². The van der Waals surface area contributed by atoms with Gasteiger partial charge in [-0.1, -0.05) is 0 Å². The van der Waals surface area contributed by atoms with Crippen LogP contribution in [0.25, 0.3) is 0 Å². The minimum atomic E-state index is -0.409. The van der Waals surface area contributed by atoms with Gasteiger partial charge in [-0.2, -0.15) is 0 Å². The van der Waals surface area contributed by atoms with Crippen LogP contribution in [-0.4, -0.2) is 44.7 Å². The van der Waals surface area contributed by atoms with Crippen LogP contribution in [-0.2, 0) is 6.42 Å². The van der Waals surface area contributed by atoms with Crippen LogP contribution < -0.4 is 20.1 Å². The minimum Gasteiger partial charge on any atom is -0.493 e. The number of rotatable bonds is 6. The lowest BCUT2D eigenvalue weighted by atomic mass is 10.1. The van der Waals surface area contributed by atoms with Crippen LogP contribution in [0, 0.1) is 10.1 Å². The molecule has 1 aliphatic heterocycles. The van der Waals surface area contributed by atoms with E-state index in [1.54, 1.807) is 6.07 Å². The van der Waals surface area contributed by atoms with Crippen molar-refractivity contribution in [2.24, 2.45) is 4.99 Å².